The van der Waals surface area contributed by atoms with Crippen molar-refractivity contribution in [2.45, 2.75) is 6.42 Å². The van der Waals surface area contributed by atoms with Crippen LogP contribution in [0.3, 0.4) is 0 Å². The number of aromatic nitrogens is 1. The third kappa shape index (κ3) is 6.53. The van der Waals surface area contributed by atoms with Crippen LogP contribution in [0.5, 0.6) is 5.75 Å². The highest BCUT2D eigenvalue weighted by Gasteiger charge is 2.05. The first-order valence-electron chi connectivity index (χ1n) is 7.26. The minimum absolute atomic E-state index is 0.558. The van der Waals surface area contributed by atoms with Crippen molar-refractivity contribution in [2.24, 2.45) is 0 Å². The van der Waals surface area contributed by atoms with Crippen LogP contribution in [0, 0.1) is 0 Å². The van der Waals surface area contributed by atoms with Gasteiger partial charge in [-0.15, -0.1) is 0 Å². The van der Waals surface area contributed by atoms with Gasteiger partial charge in [0.1, 0.15) is 5.75 Å². The van der Waals surface area contributed by atoms with E-state index in [2.05, 4.69) is 42.3 Å². The standard InChI is InChI=1S/C13H18N2O.C4H4O4/c1-15(2)7-6-10-9-14-13-5-4-11(16-3)8-12(10)13;5-3(6)1-2-4(7)8/h4-5,8-9,14H,6-7H2,1-3H3;1-2H,(H,5,6)(H,7,8)/b;2-1+. The SMILES string of the molecule is COc1ccc2[nH]cc(CCN(C)C)c2c1.O=C(O)/C=C/C(=O)O. The van der Waals surface area contributed by atoms with Crippen LogP contribution in [0.25, 0.3) is 10.9 Å². The lowest BCUT2D eigenvalue weighted by molar-refractivity contribution is -0.134. The first kappa shape index (κ1) is 19.2. The number of benzene rings is 1. The predicted octanol–water partition coefficient (Wildman–Crippen LogP) is 1.99. The first-order chi connectivity index (χ1) is 11.3. The summed E-state index contributed by atoms with van der Waals surface area (Å²) < 4.78 is 5.25. The fourth-order valence-corrected chi connectivity index (χ4v) is 1.98. The van der Waals surface area contributed by atoms with E-state index in [9.17, 15) is 9.59 Å². The molecule has 2 aromatic rings. The van der Waals surface area contributed by atoms with Gasteiger partial charge < -0.3 is 24.8 Å². The summed E-state index contributed by atoms with van der Waals surface area (Å²) in [7, 11) is 5.89. The van der Waals surface area contributed by atoms with Crippen molar-refractivity contribution < 1.29 is 24.5 Å². The molecular weight excluding hydrogens is 312 g/mol. The van der Waals surface area contributed by atoms with E-state index >= 15 is 0 Å². The normalized spacial score (nSPS) is 10.7. The zero-order valence-corrected chi connectivity index (χ0v) is 13.9. The number of carboxylic acids is 2. The summed E-state index contributed by atoms with van der Waals surface area (Å²) in [4.78, 5) is 24.6. The number of fused-ring (bicyclic) bond motifs is 1. The number of aliphatic carboxylic acids is 2. The zero-order chi connectivity index (χ0) is 18.1. The number of carbonyl (C=O) groups is 2. The highest BCUT2D eigenvalue weighted by molar-refractivity contribution is 5.89. The van der Waals surface area contributed by atoms with Crippen LogP contribution in [-0.2, 0) is 16.0 Å². The molecule has 0 unspecified atom stereocenters. The Morgan fingerprint density at radius 1 is 1.21 bits per heavy atom. The van der Waals surface area contributed by atoms with Gasteiger partial charge in [-0.25, -0.2) is 9.59 Å². The van der Waals surface area contributed by atoms with Crippen molar-refractivity contribution in [1.29, 1.82) is 0 Å². The van der Waals surface area contributed by atoms with Gasteiger partial charge in [0, 0.05) is 35.8 Å². The number of rotatable bonds is 6. The lowest BCUT2D eigenvalue weighted by Gasteiger charge is -2.08. The fraction of sp³-hybridized carbons (Fsp3) is 0.294. The van der Waals surface area contributed by atoms with Crippen LogP contribution < -0.4 is 4.74 Å². The van der Waals surface area contributed by atoms with Gasteiger partial charge in [0.15, 0.2) is 0 Å². The monoisotopic (exact) mass is 334 g/mol. The Morgan fingerprint density at radius 2 is 1.83 bits per heavy atom. The molecular formula is C17H22N2O5. The number of methoxy groups -OCH3 is 1. The van der Waals surface area contributed by atoms with Gasteiger partial charge in [-0.05, 0) is 44.3 Å². The van der Waals surface area contributed by atoms with Crippen LogP contribution in [0.15, 0.2) is 36.5 Å². The van der Waals surface area contributed by atoms with Crippen LogP contribution >= 0.6 is 0 Å². The van der Waals surface area contributed by atoms with Crippen LogP contribution in [0.2, 0.25) is 0 Å². The number of hydrogen-bond acceptors (Lipinski definition) is 4. The Balaban J connectivity index is 0.000000307. The predicted molar refractivity (Wildman–Crippen MR) is 91.5 cm³/mol. The van der Waals surface area contributed by atoms with Crippen molar-refractivity contribution in [3.63, 3.8) is 0 Å². The third-order valence-corrected chi connectivity index (χ3v) is 3.17. The summed E-state index contributed by atoms with van der Waals surface area (Å²) in [6.45, 7) is 1.06. The van der Waals surface area contributed by atoms with E-state index in [0.29, 0.717) is 12.2 Å². The first-order valence-corrected chi connectivity index (χ1v) is 7.26. The molecule has 0 aliphatic heterocycles. The lowest BCUT2D eigenvalue weighted by atomic mass is 10.1. The van der Waals surface area contributed by atoms with E-state index in [1.54, 1.807) is 7.11 Å². The van der Waals surface area contributed by atoms with E-state index in [1.165, 1.54) is 16.5 Å². The topological polar surface area (TPSA) is 103 Å². The molecule has 3 N–H and O–H groups in total. The van der Waals surface area contributed by atoms with Gasteiger partial charge in [-0.1, -0.05) is 0 Å². The molecule has 7 heteroatoms. The van der Waals surface area contributed by atoms with Crippen LogP contribution in [-0.4, -0.2) is 59.8 Å². The van der Waals surface area contributed by atoms with E-state index < -0.39 is 11.9 Å². The molecule has 1 aromatic carbocycles. The Kier molecular flexibility index (Phi) is 7.51. The molecule has 0 fully saturated rings. The second kappa shape index (κ2) is 9.36. The Morgan fingerprint density at radius 3 is 2.33 bits per heavy atom. The summed E-state index contributed by atoms with van der Waals surface area (Å²) in [6, 6.07) is 6.14. The number of ether oxygens (including phenoxy) is 1. The average Bonchev–Trinajstić information content (AvgIpc) is 2.93. The van der Waals surface area contributed by atoms with Crippen LogP contribution in [0.1, 0.15) is 5.56 Å². The molecule has 130 valence electrons. The Bertz CT molecular complexity index is 703. The largest absolute Gasteiger partial charge is 0.497 e. The number of carboxylic acid groups (broad SMARTS) is 2. The van der Waals surface area contributed by atoms with Crippen molar-refractivity contribution in [2.75, 3.05) is 27.7 Å². The number of hydrogen-bond donors (Lipinski definition) is 3. The number of nitrogens with zero attached hydrogens (tertiary/aromatic N) is 1. The molecule has 24 heavy (non-hydrogen) atoms. The van der Waals surface area contributed by atoms with Gasteiger partial charge in [-0.3, -0.25) is 0 Å². The molecule has 1 aromatic heterocycles. The molecule has 0 spiro atoms. The molecule has 0 aliphatic carbocycles. The number of aromatic amines is 1. The smallest absolute Gasteiger partial charge is 0.328 e. The molecule has 0 saturated carbocycles. The van der Waals surface area contributed by atoms with E-state index in [0.717, 1.165) is 18.7 Å². The molecule has 0 atom stereocenters. The lowest BCUT2D eigenvalue weighted by Crippen LogP contribution is -2.14. The van der Waals surface area contributed by atoms with Gasteiger partial charge in [-0.2, -0.15) is 0 Å². The van der Waals surface area contributed by atoms with Gasteiger partial charge in [0.2, 0.25) is 0 Å². The molecule has 2 rings (SSSR count). The van der Waals surface area contributed by atoms with E-state index in [-0.39, 0.29) is 0 Å². The molecule has 7 nitrogen and oxygen atoms in total. The van der Waals surface area contributed by atoms with Crippen molar-refractivity contribution in [3.05, 3.63) is 42.1 Å². The van der Waals surface area contributed by atoms with Crippen LogP contribution in [0.4, 0.5) is 0 Å². The third-order valence-electron chi connectivity index (χ3n) is 3.17. The second-order valence-corrected chi connectivity index (χ2v) is 5.29. The molecule has 0 amide bonds. The number of likely N-dealkylation sites (N-methyl/N-ethyl adjacent to an activating group) is 1. The highest BCUT2D eigenvalue weighted by Crippen LogP contribution is 2.23. The maximum Gasteiger partial charge on any atom is 0.328 e. The summed E-state index contributed by atoms with van der Waals surface area (Å²) in [6.07, 6.45) is 4.26. The van der Waals surface area contributed by atoms with Gasteiger partial charge >= 0.3 is 11.9 Å². The van der Waals surface area contributed by atoms with Gasteiger partial charge in [0.05, 0.1) is 7.11 Å². The maximum atomic E-state index is 9.55. The minimum atomic E-state index is -1.26. The Labute approximate surface area is 140 Å². The quantitative estimate of drug-likeness (QED) is 0.698. The van der Waals surface area contributed by atoms with Gasteiger partial charge in [0.25, 0.3) is 0 Å². The Hall–Kier alpha value is -2.80. The highest BCUT2D eigenvalue weighted by atomic mass is 16.5. The fourth-order valence-electron chi connectivity index (χ4n) is 1.98. The van der Waals surface area contributed by atoms with E-state index in [4.69, 9.17) is 14.9 Å². The maximum absolute atomic E-state index is 9.55. The number of H-pyrrole nitrogens is 1. The van der Waals surface area contributed by atoms with Crippen molar-refractivity contribution >= 4 is 22.8 Å². The summed E-state index contributed by atoms with van der Waals surface area (Å²) in [5.74, 6) is -1.60. The second-order valence-electron chi connectivity index (χ2n) is 5.29. The molecule has 0 saturated heterocycles. The summed E-state index contributed by atoms with van der Waals surface area (Å²) >= 11 is 0. The summed E-state index contributed by atoms with van der Waals surface area (Å²) in [5.41, 5.74) is 2.53. The van der Waals surface area contributed by atoms with Crippen molar-refractivity contribution in [3.8, 4) is 5.75 Å². The summed E-state index contributed by atoms with van der Waals surface area (Å²) in [5, 5.41) is 16.9. The average molecular weight is 334 g/mol. The zero-order valence-electron chi connectivity index (χ0n) is 13.9. The number of nitrogens with one attached hydrogen (secondary N) is 1. The molecule has 0 bridgehead atoms. The van der Waals surface area contributed by atoms with E-state index in [1.807, 2.05) is 6.07 Å². The molecule has 0 aliphatic rings. The molecule has 1 heterocycles. The molecule has 0 radical (unpaired) electrons. The van der Waals surface area contributed by atoms with Crippen molar-refractivity contribution in [1.82, 2.24) is 9.88 Å². The minimum Gasteiger partial charge on any atom is -0.497 e.